The minimum absolute atomic E-state index is 0.0300. The number of nitrogens with one attached hydrogen (secondary N) is 2. The lowest BCUT2D eigenvalue weighted by atomic mass is 9.98. The Morgan fingerprint density at radius 2 is 2.24 bits per heavy atom. The molecule has 25 heavy (non-hydrogen) atoms. The number of rotatable bonds is 5. The van der Waals surface area contributed by atoms with Crippen LogP contribution in [-0.4, -0.2) is 48.0 Å². The maximum absolute atomic E-state index is 12.2. The fourth-order valence-electron chi connectivity index (χ4n) is 3.92. The number of likely N-dealkylation sites (tertiary alicyclic amines) is 1. The van der Waals surface area contributed by atoms with E-state index in [0.717, 1.165) is 51.1 Å². The molecule has 1 amide bonds. The first kappa shape index (κ1) is 16.9. The van der Waals surface area contributed by atoms with Crippen LogP contribution < -0.4 is 10.6 Å². The van der Waals surface area contributed by atoms with Gasteiger partial charge in [-0.1, -0.05) is 12.1 Å². The molecule has 1 aromatic heterocycles. The highest BCUT2D eigenvalue weighted by atomic mass is 32.1. The van der Waals surface area contributed by atoms with Crippen molar-refractivity contribution in [1.29, 1.82) is 0 Å². The Kier molecular flexibility index (Phi) is 5.29. The second-order valence-electron chi connectivity index (χ2n) is 7.21. The number of carbonyl (C=O) groups excluding carboxylic acids is 1. The molecule has 0 aliphatic carbocycles. The average molecular weight is 359 g/mol. The standard InChI is InChI=1S/C19H26N4OS/c24-19(16-7-3-9-20-16)21-11-14-5-4-10-23(12-14)13-18-22-15-6-1-2-8-17(15)25-18/h1-2,6,8,14,16,20H,3-5,7,9-13H2,(H,21,24). The number of nitrogens with zero attached hydrogens (tertiary/aromatic N) is 2. The summed E-state index contributed by atoms with van der Waals surface area (Å²) >= 11 is 1.80. The summed E-state index contributed by atoms with van der Waals surface area (Å²) in [6.45, 7) is 4.87. The van der Waals surface area contributed by atoms with E-state index in [9.17, 15) is 4.79 Å². The van der Waals surface area contributed by atoms with E-state index in [4.69, 9.17) is 4.98 Å². The Hall–Kier alpha value is -1.50. The average Bonchev–Trinajstić information content (AvgIpc) is 3.29. The molecule has 2 atom stereocenters. The first-order valence-electron chi connectivity index (χ1n) is 9.36. The summed E-state index contributed by atoms with van der Waals surface area (Å²) in [7, 11) is 0. The number of hydrogen-bond acceptors (Lipinski definition) is 5. The van der Waals surface area contributed by atoms with Gasteiger partial charge in [0, 0.05) is 13.1 Å². The first-order valence-corrected chi connectivity index (χ1v) is 10.2. The van der Waals surface area contributed by atoms with Gasteiger partial charge in [0.2, 0.25) is 5.91 Å². The highest BCUT2D eigenvalue weighted by Gasteiger charge is 2.25. The van der Waals surface area contributed by atoms with Crippen LogP contribution in [-0.2, 0) is 11.3 Å². The molecule has 2 aliphatic rings. The SMILES string of the molecule is O=C(NCC1CCCN(Cc2nc3ccccc3s2)C1)C1CCCN1. The minimum Gasteiger partial charge on any atom is -0.354 e. The van der Waals surface area contributed by atoms with E-state index < -0.39 is 0 Å². The van der Waals surface area contributed by atoms with Crippen LogP contribution in [0.15, 0.2) is 24.3 Å². The van der Waals surface area contributed by atoms with Crippen molar-refractivity contribution in [1.82, 2.24) is 20.5 Å². The van der Waals surface area contributed by atoms with Crippen LogP contribution in [0, 0.1) is 5.92 Å². The van der Waals surface area contributed by atoms with Crippen molar-refractivity contribution >= 4 is 27.5 Å². The van der Waals surface area contributed by atoms with E-state index in [1.165, 1.54) is 22.5 Å². The number of carbonyl (C=O) groups is 1. The van der Waals surface area contributed by atoms with Crippen molar-refractivity contribution in [3.63, 3.8) is 0 Å². The largest absolute Gasteiger partial charge is 0.354 e. The van der Waals surface area contributed by atoms with Gasteiger partial charge >= 0.3 is 0 Å². The lowest BCUT2D eigenvalue weighted by molar-refractivity contribution is -0.123. The second-order valence-corrected chi connectivity index (χ2v) is 8.33. The number of aromatic nitrogens is 1. The molecule has 1 aromatic carbocycles. The molecule has 4 rings (SSSR count). The summed E-state index contributed by atoms with van der Waals surface area (Å²) in [5.74, 6) is 0.731. The highest BCUT2D eigenvalue weighted by molar-refractivity contribution is 7.18. The van der Waals surface area contributed by atoms with E-state index in [1.807, 2.05) is 6.07 Å². The molecule has 2 unspecified atom stereocenters. The van der Waals surface area contributed by atoms with Crippen molar-refractivity contribution in [2.24, 2.45) is 5.92 Å². The molecule has 0 radical (unpaired) electrons. The van der Waals surface area contributed by atoms with E-state index in [1.54, 1.807) is 11.3 Å². The predicted molar refractivity (Wildman–Crippen MR) is 102 cm³/mol. The predicted octanol–water partition coefficient (Wildman–Crippen LogP) is 2.38. The maximum atomic E-state index is 12.2. The van der Waals surface area contributed by atoms with Crippen LogP contribution in [0.2, 0.25) is 0 Å². The van der Waals surface area contributed by atoms with Gasteiger partial charge in [0.1, 0.15) is 5.01 Å². The van der Waals surface area contributed by atoms with Crippen LogP contribution in [0.3, 0.4) is 0 Å². The molecule has 2 N–H and O–H groups in total. The first-order chi connectivity index (χ1) is 12.3. The zero-order chi connectivity index (χ0) is 17.1. The molecule has 134 valence electrons. The van der Waals surface area contributed by atoms with Gasteiger partial charge in [-0.05, 0) is 56.8 Å². The van der Waals surface area contributed by atoms with Gasteiger partial charge in [-0.3, -0.25) is 9.69 Å². The number of para-hydroxylation sites is 1. The Morgan fingerprint density at radius 3 is 3.08 bits per heavy atom. The smallest absolute Gasteiger partial charge is 0.237 e. The highest BCUT2D eigenvalue weighted by Crippen LogP contribution is 2.24. The molecule has 2 fully saturated rings. The van der Waals surface area contributed by atoms with E-state index in [-0.39, 0.29) is 11.9 Å². The third-order valence-corrected chi connectivity index (χ3v) is 6.26. The molecule has 2 aliphatic heterocycles. The summed E-state index contributed by atoms with van der Waals surface area (Å²) in [6.07, 6.45) is 4.49. The lowest BCUT2D eigenvalue weighted by Gasteiger charge is -2.32. The maximum Gasteiger partial charge on any atom is 0.237 e. The quantitative estimate of drug-likeness (QED) is 0.862. The van der Waals surface area contributed by atoms with Crippen molar-refractivity contribution in [3.8, 4) is 0 Å². The van der Waals surface area contributed by atoms with E-state index in [2.05, 4.69) is 33.7 Å². The molecule has 6 heteroatoms. The summed E-state index contributed by atoms with van der Waals surface area (Å²) in [6, 6.07) is 8.37. The number of piperidine rings is 1. The molecule has 2 saturated heterocycles. The monoisotopic (exact) mass is 358 g/mol. The summed E-state index contributed by atoms with van der Waals surface area (Å²) in [4.78, 5) is 19.4. The zero-order valence-corrected chi connectivity index (χ0v) is 15.4. The summed E-state index contributed by atoms with van der Waals surface area (Å²) in [5.41, 5.74) is 1.10. The molecule has 5 nitrogen and oxygen atoms in total. The number of amides is 1. The molecule has 0 spiro atoms. The number of thiazole rings is 1. The van der Waals surface area contributed by atoms with Crippen LogP contribution in [0.1, 0.15) is 30.7 Å². The van der Waals surface area contributed by atoms with Crippen molar-refractivity contribution in [3.05, 3.63) is 29.3 Å². The van der Waals surface area contributed by atoms with Crippen molar-refractivity contribution in [2.45, 2.75) is 38.3 Å². The van der Waals surface area contributed by atoms with Gasteiger partial charge in [-0.25, -0.2) is 4.98 Å². The van der Waals surface area contributed by atoms with Crippen LogP contribution in [0.25, 0.3) is 10.2 Å². The normalized spacial score (nSPS) is 24.6. The van der Waals surface area contributed by atoms with Gasteiger partial charge < -0.3 is 10.6 Å². The Bertz CT molecular complexity index is 692. The molecular weight excluding hydrogens is 332 g/mol. The molecule has 2 aromatic rings. The molecular formula is C19H26N4OS. The molecule has 0 saturated carbocycles. The fraction of sp³-hybridized carbons (Fsp3) is 0.579. The second kappa shape index (κ2) is 7.81. The topological polar surface area (TPSA) is 57.3 Å². The van der Waals surface area contributed by atoms with Gasteiger partial charge in [0.05, 0.1) is 22.8 Å². The third kappa shape index (κ3) is 4.19. The zero-order valence-electron chi connectivity index (χ0n) is 14.5. The number of hydrogen-bond donors (Lipinski definition) is 2. The van der Waals surface area contributed by atoms with Crippen LogP contribution in [0.5, 0.6) is 0 Å². The third-order valence-electron chi connectivity index (χ3n) is 5.24. The Morgan fingerprint density at radius 1 is 1.32 bits per heavy atom. The van der Waals surface area contributed by atoms with Gasteiger partial charge in [0.15, 0.2) is 0 Å². The van der Waals surface area contributed by atoms with Crippen molar-refractivity contribution < 1.29 is 4.79 Å². The van der Waals surface area contributed by atoms with E-state index >= 15 is 0 Å². The Balaban J connectivity index is 1.29. The summed E-state index contributed by atoms with van der Waals surface area (Å²) < 4.78 is 1.27. The van der Waals surface area contributed by atoms with Gasteiger partial charge in [-0.15, -0.1) is 11.3 Å². The van der Waals surface area contributed by atoms with Crippen molar-refractivity contribution in [2.75, 3.05) is 26.2 Å². The number of benzene rings is 1. The van der Waals surface area contributed by atoms with Gasteiger partial charge in [0.25, 0.3) is 0 Å². The Labute approximate surface area is 152 Å². The van der Waals surface area contributed by atoms with Crippen LogP contribution in [0.4, 0.5) is 0 Å². The fourth-order valence-corrected chi connectivity index (χ4v) is 4.93. The molecule has 0 bridgehead atoms. The van der Waals surface area contributed by atoms with Gasteiger partial charge in [-0.2, -0.15) is 0 Å². The van der Waals surface area contributed by atoms with Crippen LogP contribution >= 0.6 is 11.3 Å². The summed E-state index contributed by atoms with van der Waals surface area (Å²) in [5, 5.41) is 7.62. The number of fused-ring (bicyclic) bond motifs is 1. The van der Waals surface area contributed by atoms with E-state index in [0.29, 0.717) is 5.92 Å². The molecule has 3 heterocycles. The minimum atomic E-state index is 0.0300. The lowest BCUT2D eigenvalue weighted by Crippen LogP contribution is -2.45.